The summed E-state index contributed by atoms with van der Waals surface area (Å²) in [5.74, 6) is 0.0157. The molecule has 0 aliphatic carbocycles. The van der Waals surface area contributed by atoms with Gasteiger partial charge in [0.25, 0.3) is 5.56 Å². The minimum Gasteiger partial charge on any atom is -0.495 e. The van der Waals surface area contributed by atoms with Gasteiger partial charge in [-0.15, -0.1) is 11.3 Å². The number of ether oxygens (including phenoxy) is 1. The first-order valence-corrected chi connectivity index (χ1v) is 11.7. The number of hydrogen-bond donors (Lipinski definition) is 1. The lowest BCUT2D eigenvalue weighted by Gasteiger charge is -2.13. The van der Waals surface area contributed by atoms with Gasteiger partial charge in [-0.2, -0.15) is 0 Å². The Hall–Kier alpha value is -3.37. The highest BCUT2D eigenvalue weighted by Gasteiger charge is 2.21. The largest absolute Gasteiger partial charge is 0.495 e. The van der Waals surface area contributed by atoms with E-state index < -0.39 is 11.2 Å². The molecule has 0 saturated heterocycles. The lowest BCUT2D eigenvalue weighted by molar-refractivity contribution is -0.121. The molecule has 0 radical (unpaired) electrons. The van der Waals surface area contributed by atoms with Crippen LogP contribution in [0, 0.1) is 0 Å². The van der Waals surface area contributed by atoms with Gasteiger partial charge in [0.15, 0.2) is 9.99 Å². The average Bonchev–Trinajstić information content (AvgIpc) is 3.26. The van der Waals surface area contributed by atoms with Crippen molar-refractivity contribution in [2.45, 2.75) is 17.4 Å². The van der Waals surface area contributed by atoms with Gasteiger partial charge >= 0.3 is 5.69 Å². The number of fused-ring (bicyclic) bond motifs is 1. The van der Waals surface area contributed by atoms with Crippen LogP contribution in [-0.4, -0.2) is 33.4 Å². The highest BCUT2D eigenvalue weighted by molar-refractivity contribution is 8.00. The zero-order chi connectivity index (χ0) is 22.7. The van der Waals surface area contributed by atoms with Gasteiger partial charge < -0.3 is 10.1 Å². The van der Waals surface area contributed by atoms with E-state index in [4.69, 9.17) is 4.74 Å². The molecule has 0 unspecified atom stereocenters. The van der Waals surface area contributed by atoms with E-state index in [1.165, 1.54) is 34.8 Å². The lowest BCUT2D eigenvalue weighted by Crippen LogP contribution is -2.41. The maximum Gasteiger partial charge on any atom is 0.337 e. The molecular formula is C22H20N4O4S2. The topological polar surface area (TPSA) is 95.2 Å². The van der Waals surface area contributed by atoms with E-state index in [1.807, 2.05) is 36.6 Å². The van der Waals surface area contributed by atoms with Crippen LogP contribution in [0.15, 0.2) is 68.5 Å². The Kier molecular flexibility index (Phi) is 6.42. The zero-order valence-electron chi connectivity index (χ0n) is 17.4. The molecule has 0 fully saturated rings. The molecule has 1 amide bonds. The van der Waals surface area contributed by atoms with Crippen LogP contribution >= 0.6 is 23.1 Å². The predicted molar refractivity (Wildman–Crippen MR) is 126 cm³/mol. The van der Waals surface area contributed by atoms with E-state index >= 15 is 0 Å². The molecule has 2 aromatic heterocycles. The second-order valence-corrected chi connectivity index (χ2v) is 8.83. The summed E-state index contributed by atoms with van der Waals surface area (Å²) in [4.78, 5) is 43.8. The van der Waals surface area contributed by atoms with Crippen LogP contribution < -0.4 is 21.3 Å². The molecule has 4 rings (SSSR count). The Morgan fingerprint density at radius 2 is 1.84 bits per heavy atom. The summed E-state index contributed by atoms with van der Waals surface area (Å²) in [7, 11) is 1.47. The minimum atomic E-state index is -0.653. The minimum absolute atomic E-state index is 0.204. The summed E-state index contributed by atoms with van der Waals surface area (Å²) in [6.45, 7) is 0.0615. The van der Waals surface area contributed by atoms with Gasteiger partial charge in [0.1, 0.15) is 17.0 Å². The van der Waals surface area contributed by atoms with E-state index in [9.17, 15) is 14.4 Å². The van der Waals surface area contributed by atoms with Crippen LogP contribution in [0.25, 0.3) is 16.0 Å². The van der Waals surface area contributed by atoms with E-state index in [0.29, 0.717) is 27.0 Å². The predicted octanol–water partition coefficient (Wildman–Crippen LogP) is 2.66. The highest BCUT2D eigenvalue weighted by atomic mass is 32.2. The second kappa shape index (κ2) is 9.41. The summed E-state index contributed by atoms with van der Waals surface area (Å²) in [5.41, 5.74) is 0.309. The van der Waals surface area contributed by atoms with Crippen molar-refractivity contribution >= 4 is 39.4 Å². The fraction of sp³-hybridized carbons (Fsp3) is 0.182. The zero-order valence-corrected chi connectivity index (χ0v) is 19.0. The van der Waals surface area contributed by atoms with Crippen LogP contribution in [0.4, 0.5) is 0 Å². The Labute approximate surface area is 191 Å². The number of thioether (sulfide) groups is 1. The van der Waals surface area contributed by atoms with Crippen LogP contribution in [0.3, 0.4) is 0 Å². The number of para-hydroxylation sites is 2. The molecule has 164 valence electrons. The first-order chi connectivity index (χ1) is 15.5. The summed E-state index contributed by atoms with van der Waals surface area (Å²) >= 11 is 2.56. The number of benzene rings is 2. The monoisotopic (exact) mass is 468 g/mol. The van der Waals surface area contributed by atoms with Gasteiger partial charge in [-0.05, 0) is 24.0 Å². The Morgan fingerprint density at radius 3 is 2.56 bits per heavy atom. The highest BCUT2D eigenvalue weighted by Crippen LogP contribution is 2.26. The molecule has 10 heteroatoms. The van der Waals surface area contributed by atoms with E-state index in [0.717, 1.165) is 10.1 Å². The lowest BCUT2D eigenvalue weighted by atomic mass is 10.2. The Balaban J connectivity index is 1.80. The van der Waals surface area contributed by atoms with Crippen molar-refractivity contribution in [3.63, 3.8) is 0 Å². The van der Waals surface area contributed by atoms with Crippen molar-refractivity contribution in [3.8, 4) is 11.4 Å². The Bertz CT molecular complexity index is 1390. The molecule has 8 nitrogen and oxygen atoms in total. The molecule has 0 spiro atoms. The van der Waals surface area contributed by atoms with Crippen LogP contribution in [0.5, 0.6) is 5.75 Å². The smallest absolute Gasteiger partial charge is 0.337 e. The number of carbonyl (C=O) groups excluding carboxylic acids is 1. The van der Waals surface area contributed by atoms with Crippen molar-refractivity contribution in [3.05, 3.63) is 81.0 Å². The number of aromatic nitrogens is 3. The fourth-order valence-electron chi connectivity index (χ4n) is 3.27. The molecule has 2 heterocycles. The first-order valence-electron chi connectivity index (χ1n) is 9.68. The number of methoxy groups -OCH3 is 1. The van der Waals surface area contributed by atoms with E-state index in [2.05, 4.69) is 10.3 Å². The van der Waals surface area contributed by atoms with E-state index in [1.54, 1.807) is 24.3 Å². The molecule has 32 heavy (non-hydrogen) atoms. The number of rotatable bonds is 7. The molecular weight excluding hydrogens is 448 g/mol. The third-order valence-electron chi connectivity index (χ3n) is 4.80. The molecule has 2 aromatic carbocycles. The van der Waals surface area contributed by atoms with Gasteiger partial charge in [-0.3, -0.25) is 14.2 Å². The first kappa shape index (κ1) is 21.8. The van der Waals surface area contributed by atoms with Crippen LogP contribution in [0.2, 0.25) is 0 Å². The van der Waals surface area contributed by atoms with Crippen molar-refractivity contribution in [1.29, 1.82) is 0 Å². The van der Waals surface area contributed by atoms with Crippen molar-refractivity contribution in [2.75, 3.05) is 13.4 Å². The van der Waals surface area contributed by atoms with Crippen molar-refractivity contribution in [2.24, 2.45) is 0 Å². The molecule has 0 atom stereocenters. The summed E-state index contributed by atoms with van der Waals surface area (Å²) in [6.07, 6.45) is 1.84. The van der Waals surface area contributed by atoms with Gasteiger partial charge in [0, 0.05) is 6.54 Å². The second-order valence-electron chi connectivity index (χ2n) is 6.78. The number of carbonyl (C=O) groups is 1. The summed E-state index contributed by atoms with van der Waals surface area (Å²) in [6, 6.07) is 16.2. The maximum atomic E-state index is 13.4. The number of nitrogens with zero attached hydrogens (tertiary/aromatic N) is 3. The standard InChI is InChI=1S/C22H20N4O4S2/c1-30-16-11-7-6-10-15(16)26-20(28)18-19(24-21(31-2)32-18)25(22(26)29)13-17(27)23-12-14-8-4-3-5-9-14/h3-11H,12-13H2,1-2H3,(H,23,27). The van der Waals surface area contributed by atoms with Crippen LogP contribution in [-0.2, 0) is 17.9 Å². The molecule has 0 aliphatic heterocycles. The van der Waals surface area contributed by atoms with Crippen LogP contribution in [0.1, 0.15) is 5.56 Å². The third kappa shape index (κ3) is 4.19. The van der Waals surface area contributed by atoms with Crippen molar-refractivity contribution < 1.29 is 9.53 Å². The van der Waals surface area contributed by atoms with Gasteiger partial charge in [0.05, 0.1) is 12.8 Å². The van der Waals surface area contributed by atoms with Gasteiger partial charge in [-0.25, -0.2) is 14.3 Å². The quantitative estimate of drug-likeness (QED) is 0.419. The van der Waals surface area contributed by atoms with Gasteiger partial charge in [-0.1, -0.05) is 54.2 Å². The number of amides is 1. The normalized spacial score (nSPS) is 10.9. The molecule has 4 aromatic rings. The maximum absolute atomic E-state index is 13.4. The molecule has 0 bridgehead atoms. The van der Waals surface area contributed by atoms with Gasteiger partial charge in [0.2, 0.25) is 5.91 Å². The fourth-order valence-corrected chi connectivity index (χ4v) is 4.76. The van der Waals surface area contributed by atoms with E-state index in [-0.39, 0.29) is 18.1 Å². The summed E-state index contributed by atoms with van der Waals surface area (Å²) < 4.78 is 8.56. The molecule has 0 saturated carbocycles. The van der Waals surface area contributed by atoms with Crippen molar-refractivity contribution in [1.82, 2.24) is 19.4 Å². The molecule has 0 aliphatic rings. The number of hydrogen-bond acceptors (Lipinski definition) is 7. The molecule has 1 N–H and O–H groups in total. The average molecular weight is 469 g/mol. The third-order valence-corrected chi connectivity index (χ3v) is 6.82. The SMILES string of the molecule is COc1ccccc1-n1c(=O)c2sc(SC)nc2n(CC(=O)NCc2ccccc2)c1=O. The number of thiazole rings is 1. The Morgan fingerprint density at radius 1 is 1.12 bits per heavy atom. The number of nitrogens with one attached hydrogen (secondary N) is 1. The summed E-state index contributed by atoms with van der Waals surface area (Å²) in [5, 5.41) is 2.82.